The predicted molar refractivity (Wildman–Crippen MR) is 240 cm³/mol. The highest BCUT2D eigenvalue weighted by Crippen LogP contribution is 2.30. The van der Waals surface area contributed by atoms with Crippen LogP contribution in [0.25, 0.3) is 0 Å². The SMILES string of the molecule is CCCCCCCC/C=C/CCCCC[C@@H](O)[C@H](CO[C@@H]1O[C@H](CO)[C@@H](O)[C@H](O)[C@H]1O[C@@H]1O[C@@H](C)[C@H](O)[C@@H](O)[C@H]1O)NC(=O)[C@@H](O)CCCCCCCCCCCCCCCC. The second-order valence-corrected chi connectivity index (χ2v) is 18.1. The van der Waals surface area contributed by atoms with Crippen LogP contribution in [0.15, 0.2) is 12.2 Å². The molecule has 0 radical (unpaired) electrons. The molecule has 0 aromatic rings. The quantitative estimate of drug-likeness (QED) is 0.0258. The number of aliphatic hydroxyl groups is 8. The first kappa shape index (κ1) is 56.9. The van der Waals surface area contributed by atoms with Gasteiger partial charge in [0.2, 0.25) is 5.91 Å². The van der Waals surface area contributed by atoms with Gasteiger partial charge >= 0.3 is 0 Å². The topological polar surface area (TPSA) is 228 Å². The summed E-state index contributed by atoms with van der Waals surface area (Å²) in [5, 5.41) is 87.7. The van der Waals surface area contributed by atoms with Gasteiger partial charge in [0.05, 0.1) is 31.5 Å². The number of hydrogen-bond acceptors (Lipinski definition) is 13. The molecular weight excluding hydrogens is 799 g/mol. The van der Waals surface area contributed by atoms with Crippen molar-refractivity contribution >= 4 is 5.91 Å². The van der Waals surface area contributed by atoms with E-state index in [2.05, 4.69) is 31.3 Å². The molecule has 366 valence electrons. The zero-order valence-corrected chi connectivity index (χ0v) is 38.8. The first-order valence-electron chi connectivity index (χ1n) is 24.9. The number of rotatable bonds is 37. The molecule has 2 aliphatic rings. The van der Waals surface area contributed by atoms with Crippen molar-refractivity contribution in [3.05, 3.63) is 12.2 Å². The number of allylic oxidation sites excluding steroid dienone is 2. The minimum absolute atomic E-state index is 0.270. The number of aliphatic hydroxyl groups excluding tert-OH is 8. The van der Waals surface area contributed by atoms with Crippen LogP contribution in [0.1, 0.15) is 194 Å². The van der Waals surface area contributed by atoms with Gasteiger partial charge in [-0.3, -0.25) is 4.79 Å². The molecule has 2 fully saturated rings. The van der Waals surface area contributed by atoms with Crippen LogP contribution >= 0.6 is 0 Å². The molecular formula is C48H91NO13. The predicted octanol–water partition coefficient (Wildman–Crippen LogP) is 5.99. The van der Waals surface area contributed by atoms with Crippen molar-refractivity contribution in [2.45, 2.75) is 274 Å². The van der Waals surface area contributed by atoms with E-state index in [1.54, 1.807) is 0 Å². The van der Waals surface area contributed by atoms with Gasteiger partial charge in [-0.05, 0) is 45.4 Å². The summed E-state index contributed by atoms with van der Waals surface area (Å²) in [6.45, 7) is 4.88. The molecule has 0 aliphatic carbocycles. The summed E-state index contributed by atoms with van der Waals surface area (Å²) in [6, 6.07) is -1.01. The average molecular weight is 890 g/mol. The third-order valence-electron chi connectivity index (χ3n) is 12.6. The monoisotopic (exact) mass is 890 g/mol. The molecule has 62 heavy (non-hydrogen) atoms. The van der Waals surface area contributed by atoms with Crippen LogP contribution in [0.2, 0.25) is 0 Å². The normalized spacial score (nSPS) is 28.3. The summed E-state index contributed by atoms with van der Waals surface area (Å²) >= 11 is 0. The highest BCUT2D eigenvalue weighted by atomic mass is 16.8. The lowest BCUT2D eigenvalue weighted by Crippen LogP contribution is -2.64. The van der Waals surface area contributed by atoms with E-state index in [9.17, 15) is 45.6 Å². The summed E-state index contributed by atoms with van der Waals surface area (Å²) < 4.78 is 23.2. The van der Waals surface area contributed by atoms with Crippen molar-refractivity contribution in [1.29, 1.82) is 0 Å². The molecule has 2 heterocycles. The Kier molecular flexibility index (Phi) is 32.1. The Morgan fingerprint density at radius 1 is 0.597 bits per heavy atom. The molecule has 0 bridgehead atoms. The maximum absolute atomic E-state index is 13.3. The standard InChI is InChI=1S/C48H91NO13/c1-4-6-8-10-12-14-16-18-20-22-24-26-28-30-32-38(52)46(58)49-36(37(51)31-29-27-25-23-21-19-17-15-13-11-9-7-5-2)34-59-48-45(43(56)41(54)39(33-50)61-48)62-47-44(57)42(55)40(53)35(3)60-47/h19,21,35-45,47-48,50-57H,4-18,20,22-34H2,1-3H3,(H,49,58)/b21-19+/t35-,36-,37+,38-,39+,40-,41+,42+,43-,44+,45+,47-,48+/m0/s1. The van der Waals surface area contributed by atoms with Crippen LogP contribution in [0.4, 0.5) is 0 Å². The second-order valence-electron chi connectivity index (χ2n) is 18.1. The number of unbranched alkanes of at least 4 members (excludes halogenated alkanes) is 22. The van der Waals surface area contributed by atoms with E-state index in [1.807, 2.05) is 0 Å². The molecule has 0 aromatic heterocycles. The van der Waals surface area contributed by atoms with E-state index in [4.69, 9.17) is 18.9 Å². The lowest BCUT2D eigenvalue weighted by atomic mass is 9.97. The highest BCUT2D eigenvalue weighted by Gasteiger charge is 2.50. The van der Waals surface area contributed by atoms with Crippen molar-refractivity contribution < 1.29 is 64.6 Å². The molecule has 2 rings (SSSR count). The van der Waals surface area contributed by atoms with Crippen LogP contribution in [0, 0.1) is 0 Å². The van der Waals surface area contributed by atoms with Gasteiger partial charge in [-0.1, -0.05) is 161 Å². The van der Waals surface area contributed by atoms with Gasteiger partial charge in [0, 0.05) is 0 Å². The molecule has 0 aromatic carbocycles. The molecule has 0 unspecified atom stereocenters. The van der Waals surface area contributed by atoms with Gasteiger partial charge < -0.3 is 65.1 Å². The van der Waals surface area contributed by atoms with Crippen molar-refractivity contribution in [2.75, 3.05) is 13.2 Å². The molecule has 13 atom stereocenters. The van der Waals surface area contributed by atoms with Gasteiger partial charge in [0.15, 0.2) is 12.6 Å². The van der Waals surface area contributed by atoms with Crippen molar-refractivity contribution in [3.8, 4) is 0 Å². The Hall–Kier alpha value is -1.27. The van der Waals surface area contributed by atoms with E-state index < -0.39 is 92.2 Å². The summed E-state index contributed by atoms with van der Waals surface area (Å²) in [6.07, 6.45) is 16.6. The van der Waals surface area contributed by atoms with Crippen LogP contribution in [-0.2, 0) is 23.7 Å². The van der Waals surface area contributed by atoms with Crippen LogP contribution in [-0.4, -0.2) is 140 Å². The minimum Gasteiger partial charge on any atom is -0.394 e. The summed E-state index contributed by atoms with van der Waals surface area (Å²) in [7, 11) is 0. The third kappa shape index (κ3) is 22.8. The summed E-state index contributed by atoms with van der Waals surface area (Å²) in [4.78, 5) is 13.3. The van der Waals surface area contributed by atoms with Crippen LogP contribution in [0.5, 0.6) is 0 Å². The Morgan fingerprint density at radius 3 is 1.61 bits per heavy atom. The number of carbonyl (C=O) groups excluding carboxylic acids is 1. The van der Waals surface area contributed by atoms with Gasteiger partial charge in [-0.15, -0.1) is 0 Å². The Balaban J connectivity index is 1.95. The lowest BCUT2D eigenvalue weighted by molar-refractivity contribution is -0.365. The van der Waals surface area contributed by atoms with Crippen molar-refractivity contribution in [2.24, 2.45) is 0 Å². The van der Waals surface area contributed by atoms with Crippen molar-refractivity contribution in [1.82, 2.24) is 5.32 Å². The maximum Gasteiger partial charge on any atom is 0.249 e. The zero-order chi connectivity index (χ0) is 45.5. The highest BCUT2D eigenvalue weighted by molar-refractivity contribution is 5.80. The molecule has 9 N–H and O–H groups in total. The fourth-order valence-corrected chi connectivity index (χ4v) is 8.28. The zero-order valence-electron chi connectivity index (χ0n) is 38.8. The molecule has 14 nitrogen and oxygen atoms in total. The average Bonchev–Trinajstić information content (AvgIpc) is 3.26. The number of ether oxygens (including phenoxy) is 4. The molecule has 2 saturated heterocycles. The van der Waals surface area contributed by atoms with Gasteiger partial charge in [-0.2, -0.15) is 0 Å². The molecule has 14 heteroatoms. The number of amides is 1. The van der Waals surface area contributed by atoms with Gasteiger partial charge in [0.1, 0.15) is 48.8 Å². The fraction of sp³-hybridized carbons (Fsp3) is 0.938. The van der Waals surface area contributed by atoms with E-state index in [0.717, 1.165) is 44.9 Å². The molecule has 0 saturated carbocycles. The smallest absolute Gasteiger partial charge is 0.249 e. The summed E-state index contributed by atoms with van der Waals surface area (Å²) in [5.41, 5.74) is 0. The van der Waals surface area contributed by atoms with E-state index in [-0.39, 0.29) is 13.0 Å². The number of carbonyl (C=O) groups is 1. The van der Waals surface area contributed by atoms with Gasteiger partial charge in [0.25, 0.3) is 0 Å². The maximum atomic E-state index is 13.3. The third-order valence-corrected chi connectivity index (χ3v) is 12.6. The van der Waals surface area contributed by atoms with Gasteiger partial charge in [-0.25, -0.2) is 0 Å². The number of nitrogens with one attached hydrogen (secondary N) is 1. The first-order valence-corrected chi connectivity index (χ1v) is 24.9. The largest absolute Gasteiger partial charge is 0.394 e. The number of hydrogen-bond donors (Lipinski definition) is 9. The molecule has 0 spiro atoms. The van der Waals surface area contributed by atoms with E-state index in [0.29, 0.717) is 19.3 Å². The second kappa shape index (κ2) is 35.0. The minimum atomic E-state index is -1.73. The summed E-state index contributed by atoms with van der Waals surface area (Å²) in [5.74, 6) is -0.649. The lowest BCUT2D eigenvalue weighted by Gasteiger charge is -2.46. The molecule has 2 aliphatic heterocycles. The fourth-order valence-electron chi connectivity index (χ4n) is 8.28. The van der Waals surface area contributed by atoms with Crippen LogP contribution < -0.4 is 5.32 Å². The Morgan fingerprint density at radius 2 is 1.08 bits per heavy atom. The van der Waals surface area contributed by atoms with Crippen molar-refractivity contribution in [3.63, 3.8) is 0 Å². The van der Waals surface area contributed by atoms with Crippen LogP contribution in [0.3, 0.4) is 0 Å². The van der Waals surface area contributed by atoms with E-state index in [1.165, 1.54) is 110 Å². The Bertz CT molecular complexity index is 1120. The molecule has 1 amide bonds. The van der Waals surface area contributed by atoms with E-state index >= 15 is 0 Å². The first-order chi connectivity index (χ1) is 30.0. The Labute approximate surface area is 374 Å².